The molecule has 0 radical (unpaired) electrons. The minimum atomic E-state index is -3.96. The molecule has 3 aromatic carbocycles. The van der Waals surface area contributed by atoms with Crippen LogP contribution in [0.3, 0.4) is 0 Å². The van der Waals surface area contributed by atoms with Gasteiger partial charge < -0.3 is 9.73 Å². The Morgan fingerprint density at radius 1 is 1.00 bits per heavy atom. The predicted molar refractivity (Wildman–Crippen MR) is 151 cm³/mol. The average molecular weight is 580 g/mol. The number of nitrogens with zero attached hydrogens (tertiary/aromatic N) is 2. The molecule has 0 saturated carbocycles. The molecule has 4 aromatic rings. The Kier molecular flexibility index (Phi) is 8.90. The van der Waals surface area contributed by atoms with E-state index in [1.807, 2.05) is 19.1 Å². The standard InChI is InChI=1S/C29H23Cl2N3O4S/c1-20-7-13-27(14-8-20)39(36,37)34(18-21-9-10-23(30)16-28(21)31)19-26-12-11-25(38-26)15-22(17-32)29(35)33-24-5-3-2-4-6-24/h2-16H,18-19H2,1H3,(H,33,35)/b22-15-. The first kappa shape index (κ1) is 28.1. The van der Waals surface area contributed by atoms with Crippen molar-refractivity contribution in [3.8, 4) is 6.07 Å². The van der Waals surface area contributed by atoms with Crippen LogP contribution < -0.4 is 5.32 Å². The summed E-state index contributed by atoms with van der Waals surface area (Å²) in [6.07, 6.45) is 1.30. The van der Waals surface area contributed by atoms with E-state index in [1.165, 1.54) is 10.4 Å². The number of nitriles is 1. The van der Waals surface area contributed by atoms with Gasteiger partial charge in [-0.05, 0) is 61.0 Å². The van der Waals surface area contributed by atoms with Crippen molar-refractivity contribution in [3.05, 3.63) is 123 Å². The molecule has 1 aromatic heterocycles. The van der Waals surface area contributed by atoms with Gasteiger partial charge in [-0.15, -0.1) is 0 Å². The van der Waals surface area contributed by atoms with E-state index in [4.69, 9.17) is 27.6 Å². The highest BCUT2D eigenvalue weighted by molar-refractivity contribution is 7.89. The lowest BCUT2D eigenvalue weighted by Crippen LogP contribution is -2.30. The molecule has 0 aliphatic heterocycles. The fourth-order valence-corrected chi connectivity index (χ4v) is 5.52. The molecule has 1 amide bonds. The number of furan rings is 1. The number of halogens is 2. The van der Waals surface area contributed by atoms with Crippen LogP contribution in [0.4, 0.5) is 5.69 Å². The average Bonchev–Trinajstić information content (AvgIpc) is 3.36. The van der Waals surface area contributed by atoms with Crippen LogP contribution in [0.25, 0.3) is 6.08 Å². The molecule has 39 heavy (non-hydrogen) atoms. The number of carbonyl (C=O) groups excluding carboxylic acids is 1. The first-order valence-electron chi connectivity index (χ1n) is 11.7. The van der Waals surface area contributed by atoms with Gasteiger partial charge in [0.25, 0.3) is 5.91 Å². The highest BCUT2D eigenvalue weighted by atomic mass is 35.5. The second kappa shape index (κ2) is 12.3. The molecule has 4 rings (SSSR count). The Labute approximate surface area is 236 Å². The number of amides is 1. The summed E-state index contributed by atoms with van der Waals surface area (Å²) < 4.78 is 34.3. The van der Waals surface area contributed by atoms with Gasteiger partial charge in [0.2, 0.25) is 10.0 Å². The fraction of sp³-hybridized carbons (Fsp3) is 0.103. The van der Waals surface area contributed by atoms with Gasteiger partial charge in [-0.3, -0.25) is 4.79 Å². The zero-order chi connectivity index (χ0) is 28.0. The van der Waals surface area contributed by atoms with Gasteiger partial charge >= 0.3 is 0 Å². The van der Waals surface area contributed by atoms with E-state index in [-0.39, 0.29) is 29.3 Å². The van der Waals surface area contributed by atoms with Gasteiger partial charge in [0.05, 0.1) is 11.4 Å². The van der Waals surface area contributed by atoms with E-state index < -0.39 is 15.9 Å². The smallest absolute Gasteiger partial charge is 0.266 e. The van der Waals surface area contributed by atoms with Crippen LogP contribution >= 0.6 is 23.2 Å². The number of hydrogen-bond donors (Lipinski definition) is 1. The largest absolute Gasteiger partial charge is 0.460 e. The Morgan fingerprint density at radius 3 is 2.38 bits per heavy atom. The Morgan fingerprint density at radius 2 is 1.72 bits per heavy atom. The van der Waals surface area contributed by atoms with Crippen molar-refractivity contribution in [3.63, 3.8) is 0 Å². The number of aryl methyl sites for hydroxylation is 1. The summed E-state index contributed by atoms with van der Waals surface area (Å²) in [7, 11) is -3.96. The molecule has 0 aliphatic rings. The number of para-hydroxylation sites is 1. The third kappa shape index (κ3) is 7.16. The van der Waals surface area contributed by atoms with Crippen molar-refractivity contribution in [2.24, 2.45) is 0 Å². The van der Waals surface area contributed by atoms with Crippen LogP contribution in [0.1, 0.15) is 22.6 Å². The minimum Gasteiger partial charge on any atom is -0.460 e. The molecule has 0 bridgehead atoms. The van der Waals surface area contributed by atoms with Crippen LogP contribution in [-0.2, 0) is 27.9 Å². The number of nitrogens with one attached hydrogen (secondary N) is 1. The quantitative estimate of drug-likeness (QED) is 0.173. The number of hydrogen-bond acceptors (Lipinski definition) is 5. The molecule has 10 heteroatoms. The van der Waals surface area contributed by atoms with Crippen LogP contribution in [0.2, 0.25) is 10.0 Å². The molecule has 0 fully saturated rings. The van der Waals surface area contributed by atoms with Crippen LogP contribution in [0.15, 0.2) is 99.8 Å². The summed E-state index contributed by atoms with van der Waals surface area (Å²) in [6, 6.07) is 25.2. The number of sulfonamides is 1. The van der Waals surface area contributed by atoms with E-state index in [0.29, 0.717) is 27.1 Å². The summed E-state index contributed by atoms with van der Waals surface area (Å²) in [5.41, 5.74) is 1.86. The third-order valence-electron chi connectivity index (χ3n) is 5.72. The zero-order valence-corrected chi connectivity index (χ0v) is 23.1. The molecular weight excluding hydrogens is 557 g/mol. The molecule has 0 atom stereocenters. The summed E-state index contributed by atoms with van der Waals surface area (Å²) >= 11 is 12.4. The Bertz CT molecular complexity index is 1660. The number of anilines is 1. The lowest BCUT2D eigenvalue weighted by atomic mass is 10.2. The van der Waals surface area contributed by atoms with E-state index in [0.717, 1.165) is 5.56 Å². The van der Waals surface area contributed by atoms with E-state index in [2.05, 4.69) is 5.32 Å². The van der Waals surface area contributed by atoms with Crippen molar-refractivity contribution >= 4 is 50.9 Å². The molecule has 1 N–H and O–H groups in total. The third-order valence-corrected chi connectivity index (χ3v) is 8.11. The molecule has 0 unspecified atom stereocenters. The topological polar surface area (TPSA) is 103 Å². The first-order valence-corrected chi connectivity index (χ1v) is 13.9. The molecule has 0 aliphatic carbocycles. The Hall–Kier alpha value is -3.87. The van der Waals surface area contributed by atoms with Gasteiger partial charge in [0.1, 0.15) is 23.2 Å². The lowest BCUT2D eigenvalue weighted by molar-refractivity contribution is -0.112. The monoisotopic (exact) mass is 579 g/mol. The highest BCUT2D eigenvalue weighted by Gasteiger charge is 2.27. The summed E-state index contributed by atoms with van der Waals surface area (Å²) in [5.74, 6) is -0.0626. The maximum Gasteiger partial charge on any atom is 0.266 e. The van der Waals surface area contributed by atoms with E-state index >= 15 is 0 Å². The number of rotatable bonds is 9. The van der Waals surface area contributed by atoms with E-state index in [9.17, 15) is 18.5 Å². The highest BCUT2D eigenvalue weighted by Crippen LogP contribution is 2.27. The Balaban J connectivity index is 1.61. The van der Waals surface area contributed by atoms with Crippen LogP contribution in [-0.4, -0.2) is 18.6 Å². The second-order valence-corrected chi connectivity index (χ2v) is 11.4. The predicted octanol–water partition coefficient (Wildman–Crippen LogP) is 6.83. The summed E-state index contributed by atoms with van der Waals surface area (Å²) in [4.78, 5) is 12.7. The van der Waals surface area contributed by atoms with Gasteiger partial charge in [0.15, 0.2) is 0 Å². The number of carbonyl (C=O) groups is 1. The van der Waals surface area contributed by atoms with Gasteiger partial charge in [0, 0.05) is 28.4 Å². The van der Waals surface area contributed by atoms with Crippen molar-refractivity contribution in [2.45, 2.75) is 24.9 Å². The minimum absolute atomic E-state index is 0.0407. The van der Waals surface area contributed by atoms with Crippen LogP contribution in [0.5, 0.6) is 0 Å². The van der Waals surface area contributed by atoms with Crippen LogP contribution in [0, 0.1) is 18.3 Å². The van der Waals surface area contributed by atoms with Gasteiger partial charge in [-0.25, -0.2) is 8.42 Å². The molecule has 7 nitrogen and oxygen atoms in total. The second-order valence-electron chi connectivity index (χ2n) is 8.62. The van der Waals surface area contributed by atoms with Crippen molar-refractivity contribution in [2.75, 3.05) is 5.32 Å². The van der Waals surface area contributed by atoms with Gasteiger partial charge in [-0.2, -0.15) is 9.57 Å². The van der Waals surface area contributed by atoms with Crippen molar-refractivity contribution < 1.29 is 17.6 Å². The molecule has 0 spiro atoms. The zero-order valence-electron chi connectivity index (χ0n) is 20.8. The molecule has 1 heterocycles. The maximum atomic E-state index is 13.6. The van der Waals surface area contributed by atoms with Gasteiger partial charge in [-0.1, -0.05) is 65.2 Å². The SMILES string of the molecule is Cc1ccc(S(=O)(=O)N(Cc2ccc(/C=C(/C#N)C(=O)Nc3ccccc3)o2)Cc2ccc(Cl)cc2Cl)cc1. The van der Waals surface area contributed by atoms with E-state index in [1.54, 1.807) is 78.9 Å². The normalized spacial score (nSPS) is 11.8. The summed E-state index contributed by atoms with van der Waals surface area (Å²) in [5, 5.41) is 12.9. The molecular formula is C29H23Cl2N3O4S. The van der Waals surface area contributed by atoms with Crippen molar-refractivity contribution in [1.82, 2.24) is 4.31 Å². The first-order chi connectivity index (χ1) is 18.7. The number of benzene rings is 3. The molecule has 0 saturated heterocycles. The molecule has 198 valence electrons. The lowest BCUT2D eigenvalue weighted by Gasteiger charge is -2.22. The van der Waals surface area contributed by atoms with Crippen molar-refractivity contribution in [1.29, 1.82) is 5.26 Å². The maximum absolute atomic E-state index is 13.6. The fourth-order valence-electron chi connectivity index (χ4n) is 3.67. The summed E-state index contributed by atoms with van der Waals surface area (Å²) in [6.45, 7) is 1.71.